The highest BCUT2D eigenvalue weighted by molar-refractivity contribution is 6.30. The van der Waals surface area contributed by atoms with Gasteiger partial charge in [0.15, 0.2) is 0 Å². The number of hydrogen-bond donors (Lipinski definition) is 2. The monoisotopic (exact) mass is 499 g/mol. The van der Waals surface area contributed by atoms with Crippen LogP contribution in [0.15, 0.2) is 57.5 Å². The number of amides is 1. The Morgan fingerprint density at radius 3 is 2.51 bits per heavy atom. The molecular formula is C29H39ClFN3O. The summed E-state index contributed by atoms with van der Waals surface area (Å²) in [5.74, 6) is -0.176. The molecule has 4 nitrogen and oxygen atoms in total. The zero-order chi connectivity index (χ0) is 26.0. The molecule has 190 valence electrons. The van der Waals surface area contributed by atoms with E-state index >= 15 is 4.39 Å². The second-order valence-corrected chi connectivity index (χ2v) is 9.07. The first-order chi connectivity index (χ1) is 16.8. The lowest BCUT2D eigenvalue weighted by atomic mass is 9.85. The van der Waals surface area contributed by atoms with Gasteiger partial charge in [0, 0.05) is 29.9 Å². The van der Waals surface area contributed by atoms with E-state index in [2.05, 4.69) is 28.3 Å². The largest absolute Gasteiger partial charge is 0.357 e. The van der Waals surface area contributed by atoms with E-state index in [1.54, 1.807) is 0 Å². The summed E-state index contributed by atoms with van der Waals surface area (Å²) in [5.41, 5.74) is 6.84. The molecule has 1 aromatic heterocycles. The molecule has 1 amide bonds. The Balaban J connectivity index is 0.000000334. The van der Waals surface area contributed by atoms with Gasteiger partial charge in [-0.2, -0.15) is 0 Å². The standard InChI is InChI=1S/C20H25FN2O.C9H14ClN/c1-4-6-7-13-8-9-14-17-15(10-11-22-20(17)24)23-19(14)16(13)18(21)12(3)5-2;1-4-6-8(3)11-9(10)7-5-2/h6-7,23H,4-5,8-11H2,1-3H3,(H,22,24);4,6-7H,5H2,1-3H3/b7-6+,18-12-;6-4-,9-7+,11-8-. The number of nitrogens with zero attached hydrogens (tertiary/aromatic N) is 1. The zero-order valence-electron chi connectivity index (χ0n) is 21.9. The van der Waals surface area contributed by atoms with E-state index in [1.807, 2.05) is 58.9 Å². The Morgan fingerprint density at radius 1 is 1.14 bits per heavy atom. The van der Waals surface area contributed by atoms with E-state index in [0.29, 0.717) is 23.7 Å². The summed E-state index contributed by atoms with van der Waals surface area (Å²) in [4.78, 5) is 19.8. The van der Waals surface area contributed by atoms with Gasteiger partial charge in [-0.05, 0) is 81.7 Å². The predicted octanol–water partition coefficient (Wildman–Crippen LogP) is 8.13. The number of allylic oxidation sites excluding steroid dienone is 9. The van der Waals surface area contributed by atoms with Gasteiger partial charge in [-0.3, -0.25) is 4.79 Å². The average molecular weight is 500 g/mol. The van der Waals surface area contributed by atoms with Crippen molar-refractivity contribution >= 4 is 28.8 Å². The van der Waals surface area contributed by atoms with Crippen molar-refractivity contribution in [2.45, 2.75) is 80.1 Å². The summed E-state index contributed by atoms with van der Waals surface area (Å²) in [6.07, 6.45) is 14.7. The van der Waals surface area contributed by atoms with Crippen LogP contribution in [0.2, 0.25) is 0 Å². The fourth-order valence-corrected chi connectivity index (χ4v) is 4.45. The molecule has 0 unspecified atom stereocenters. The molecule has 2 N–H and O–H groups in total. The van der Waals surface area contributed by atoms with Crippen molar-refractivity contribution < 1.29 is 9.18 Å². The molecule has 0 saturated carbocycles. The molecule has 3 rings (SSSR count). The van der Waals surface area contributed by atoms with Crippen molar-refractivity contribution in [1.29, 1.82) is 0 Å². The molecule has 0 spiro atoms. The Kier molecular flexibility index (Phi) is 11.5. The minimum absolute atomic E-state index is 0.0303. The molecule has 1 aromatic rings. The van der Waals surface area contributed by atoms with E-state index in [9.17, 15) is 4.79 Å². The molecule has 35 heavy (non-hydrogen) atoms. The fraction of sp³-hybridized carbons (Fsp3) is 0.448. The molecule has 0 atom stereocenters. The highest BCUT2D eigenvalue weighted by Gasteiger charge is 2.31. The van der Waals surface area contributed by atoms with Gasteiger partial charge in [-0.25, -0.2) is 9.38 Å². The van der Waals surface area contributed by atoms with Crippen molar-refractivity contribution in [3.8, 4) is 0 Å². The second kappa shape index (κ2) is 14.0. The molecule has 0 bridgehead atoms. The number of carbonyl (C=O) groups excluding carboxylic acids is 1. The van der Waals surface area contributed by atoms with Crippen molar-refractivity contribution in [3.05, 3.63) is 75.0 Å². The lowest BCUT2D eigenvalue weighted by molar-refractivity contribution is 0.0945. The number of hydrogen-bond acceptors (Lipinski definition) is 2. The van der Waals surface area contributed by atoms with E-state index < -0.39 is 0 Å². The van der Waals surface area contributed by atoms with Crippen molar-refractivity contribution in [1.82, 2.24) is 10.3 Å². The van der Waals surface area contributed by atoms with Gasteiger partial charge in [-0.15, -0.1) is 0 Å². The number of fused-ring (bicyclic) bond motifs is 3. The zero-order valence-corrected chi connectivity index (χ0v) is 22.7. The SMILES string of the molecule is CC/C=C/C1=C(C(/F)=C(\C)CC)c2[nH]c3c(c2CC1)C(=O)NCC3.C\C=C/C(C)=N\C(Cl)=C\CC. The summed E-state index contributed by atoms with van der Waals surface area (Å²) >= 11 is 5.75. The molecule has 0 saturated heterocycles. The Bertz CT molecular complexity index is 1100. The normalized spacial score (nSPS) is 17.2. The first-order valence-electron chi connectivity index (χ1n) is 12.6. The number of aromatic amines is 1. The number of rotatable bonds is 7. The molecule has 0 radical (unpaired) electrons. The maximum Gasteiger partial charge on any atom is 0.253 e. The number of aromatic nitrogens is 1. The van der Waals surface area contributed by atoms with E-state index in [4.69, 9.17) is 11.6 Å². The maximum absolute atomic E-state index is 15.2. The molecule has 6 heteroatoms. The van der Waals surface area contributed by atoms with Gasteiger partial charge in [0.1, 0.15) is 11.0 Å². The quantitative estimate of drug-likeness (QED) is 0.288. The topological polar surface area (TPSA) is 57.2 Å². The Labute approximate surface area is 214 Å². The van der Waals surface area contributed by atoms with E-state index in [0.717, 1.165) is 71.5 Å². The highest BCUT2D eigenvalue weighted by Crippen LogP contribution is 2.41. The third-order valence-electron chi connectivity index (χ3n) is 6.03. The molecule has 1 aliphatic carbocycles. The number of halogens is 2. The molecule has 2 aliphatic rings. The average Bonchev–Trinajstić information content (AvgIpc) is 3.22. The van der Waals surface area contributed by atoms with Crippen LogP contribution in [0.25, 0.3) is 5.57 Å². The van der Waals surface area contributed by atoms with Crippen LogP contribution in [0.3, 0.4) is 0 Å². The van der Waals surface area contributed by atoms with E-state index in [1.165, 1.54) is 0 Å². The van der Waals surface area contributed by atoms with Gasteiger partial charge < -0.3 is 10.3 Å². The van der Waals surface area contributed by atoms with Crippen LogP contribution in [0, 0.1) is 0 Å². The van der Waals surface area contributed by atoms with Crippen molar-refractivity contribution in [3.63, 3.8) is 0 Å². The Hall–Kier alpha value is -2.66. The van der Waals surface area contributed by atoms with Crippen molar-refractivity contribution in [2.75, 3.05) is 6.54 Å². The van der Waals surface area contributed by atoms with Crippen LogP contribution < -0.4 is 5.32 Å². The summed E-state index contributed by atoms with van der Waals surface area (Å²) in [5, 5.41) is 3.48. The lowest BCUT2D eigenvalue weighted by Crippen LogP contribution is -2.32. The van der Waals surface area contributed by atoms with Crippen LogP contribution in [0.1, 0.15) is 94.5 Å². The fourth-order valence-electron chi connectivity index (χ4n) is 4.16. The molecule has 0 fully saturated rings. The van der Waals surface area contributed by atoms with Gasteiger partial charge in [0.2, 0.25) is 0 Å². The third-order valence-corrected chi connectivity index (χ3v) is 6.27. The smallest absolute Gasteiger partial charge is 0.253 e. The summed E-state index contributed by atoms with van der Waals surface area (Å²) < 4.78 is 15.2. The third kappa shape index (κ3) is 7.41. The van der Waals surface area contributed by atoms with Crippen LogP contribution in [-0.4, -0.2) is 23.1 Å². The van der Waals surface area contributed by atoms with Gasteiger partial charge >= 0.3 is 0 Å². The van der Waals surface area contributed by atoms with Gasteiger partial charge in [0.05, 0.1) is 11.3 Å². The number of aliphatic imine (C=N–C) groups is 1. The highest BCUT2D eigenvalue weighted by atomic mass is 35.5. The van der Waals surface area contributed by atoms with Crippen molar-refractivity contribution in [2.24, 2.45) is 4.99 Å². The molecule has 2 heterocycles. The predicted molar refractivity (Wildman–Crippen MR) is 148 cm³/mol. The maximum atomic E-state index is 15.2. The number of nitrogens with one attached hydrogen (secondary N) is 2. The molecule has 0 aromatic carbocycles. The number of carbonyl (C=O) groups is 1. The van der Waals surface area contributed by atoms with Crippen LogP contribution >= 0.6 is 11.6 Å². The minimum Gasteiger partial charge on any atom is -0.357 e. The summed E-state index contributed by atoms with van der Waals surface area (Å²) in [7, 11) is 0. The first kappa shape index (κ1) is 28.6. The Morgan fingerprint density at radius 2 is 1.89 bits per heavy atom. The summed E-state index contributed by atoms with van der Waals surface area (Å²) in [6, 6.07) is 0. The molecular weight excluding hydrogens is 461 g/mol. The van der Waals surface area contributed by atoms with Crippen LogP contribution in [0.5, 0.6) is 0 Å². The van der Waals surface area contributed by atoms with Crippen LogP contribution in [0.4, 0.5) is 4.39 Å². The first-order valence-corrected chi connectivity index (χ1v) is 13.0. The van der Waals surface area contributed by atoms with E-state index in [-0.39, 0.29) is 11.7 Å². The minimum atomic E-state index is -0.145. The van der Waals surface area contributed by atoms with Crippen LogP contribution in [-0.2, 0) is 12.8 Å². The lowest BCUT2D eigenvalue weighted by Gasteiger charge is -2.20. The molecule has 1 aliphatic heterocycles. The number of H-pyrrole nitrogens is 1. The summed E-state index contributed by atoms with van der Waals surface area (Å²) in [6.45, 7) is 12.4. The second-order valence-electron chi connectivity index (χ2n) is 8.69. The van der Waals surface area contributed by atoms with Gasteiger partial charge in [0.25, 0.3) is 5.91 Å². The van der Waals surface area contributed by atoms with Gasteiger partial charge in [-0.1, -0.05) is 50.6 Å².